The molecule has 1 N–H and O–H groups in total. The zero-order valence-electron chi connectivity index (χ0n) is 15.0. The predicted molar refractivity (Wildman–Crippen MR) is 104 cm³/mol. The highest BCUT2D eigenvalue weighted by atomic mass is 19.1. The standard InChI is InChI=1S/C23H24FNO/c1-18-5-4-6-20(15-18)17-26-23-8-3-2-7-21(23)16-25-14-13-19-9-11-22(24)12-10-19/h2-12,15,25H,13-14,16-17H2,1H3. The molecule has 3 aromatic carbocycles. The molecule has 0 aliphatic rings. The van der Waals surface area contributed by atoms with Crippen molar-refractivity contribution in [2.45, 2.75) is 26.5 Å². The lowest BCUT2D eigenvalue weighted by molar-refractivity contribution is 0.302. The topological polar surface area (TPSA) is 21.3 Å². The van der Waals surface area contributed by atoms with Gasteiger partial charge in [0.15, 0.2) is 0 Å². The number of aryl methyl sites for hydroxylation is 1. The molecule has 0 fully saturated rings. The van der Waals surface area contributed by atoms with E-state index in [1.165, 1.54) is 23.3 Å². The van der Waals surface area contributed by atoms with Crippen molar-refractivity contribution >= 4 is 0 Å². The van der Waals surface area contributed by atoms with Crippen LogP contribution in [0.2, 0.25) is 0 Å². The van der Waals surface area contributed by atoms with Gasteiger partial charge >= 0.3 is 0 Å². The average molecular weight is 349 g/mol. The Morgan fingerprint density at radius 3 is 2.50 bits per heavy atom. The third-order valence-electron chi connectivity index (χ3n) is 4.27. The van der Waals surface area contributed by atoms with Gasteiger partial charge in [0.25, 0.3) is 0 Å². The molecule has 0 unspecified atom stereocenters. The number of ether oxygens (including phenoxy) is 1. The number of benzene rings is 3. The molecular weight excluding hydrogens is 325 g/mol. The van der Waals surface area contributed by atoms with E-state index in [-0.39, 0.29) is 5.82 Å². The largest absolute Gasteiger partial charge is 0.489 e. The van der Waals surface area contributed by atoms with Crippen molar-refractivity contribution in [3.63, 3.8) is 0 Å². The van der Waals surface area contributed by atoms with E-state index in [4.69, 9.17) is 4.74 Å². The molecule has 0 radical (unpaired) electrons. The predicted octanol–water partition coefficient (Wildman–Crippen LogP) is 5.05. The van der Waals surface area contributed by atoms with Crippen LogP contribution in [0.4, 0.5) is 4.39 Å². The number of nitrogens with one attached hydrogen (secondary N) is 1. The van der Waals surface area contributed by atoms with E-state index in [0.29, 0.717) is 6.61 Å². The highest BCUT2D eigenvalue weighted by Crippen LogP contribution is 2.19. The summed E-state index contributed by atoms with van der Waals surface area (Å²) in [6, 6.07) is 23.1. The van der Waals surface area contributed by atoms with Crippen molar-refractivity contribution in [2.24, 2.45) is 0 Å². The molecule has 0 bridgehead atoms. The Hall–Kier alpha value is -2.65. The van der Waals surface area contributed by atoms with Gasteiger partial charge in [-0.3, -0.25) is 0 Å². The molecule has 0 aliphatic heterocycles. The van der Waals surface area contributed by atoms with Crippen molar-refractivity contribution in [2.75, 3.05) is 6.54 Å². The van der Waals surface area contributed by atoms with Gasteiger partial charge < -0.3 is 10.1 Å². The van der Waals surface area contributed by atoms with E-state index < -0.39 is 0 Å². The maximum absolute atomic E-state index is 12.9. The maximum atomic E-state index is 12.9. The molecule has 3 heteroatoms. The molecule has 134 valence electrons. The van der Waals surface area contributed by atoms with Crippen LogP contribution in [0, 0.1) is 12.7 Å². The van der Waals surface area contributed by atoms with Gasteiger partial charge in [0.1, 0.15) is 18.2 Å². The normalized spacial score (nSPS) is 10.7. The first-order valence-corrected chi connectivity index (χ1v) is 8.92. The van der Waals surface area contributed by atoms with E-state index in [2.05, 4.69) is 42.6 Å². The Bertz CT molecular complexity index is 830. The maximum Gasteiger partial charge on any atom is 0.124 e. The Morgan fingerprint density at radius 1 is 0.885 bits per heavy atom. The number of hydrogen-bond acceptors (Lipinski definition) is 2. The molecule has 26 heavy (non-hydrogen) atoms. The lowest BCUT2D eigenvalue weighted by Gasteiger charge is -2.13. The molecule has 2 nitrogen and oxygen atoms in total. The zero-order chi connectivity index (χ0) is 18.2. The smallest absolute Gasteiger partial charge is 0.124 e. The number of hydrogen-bond donors (Lipinski definition) is 1. The highest BCUT2D eigenvalue weighted by molar-refractivity contribution is 5.33. The van der Waals surface area contributed by atoms with Gasteiger partial charge in [0.2, 0.25) is 0 Å². The minimum Gasteiger partial charge on any atom is -0.489 e. The molecule has 0 atom stereocenters. The van der Waals surface area contributed by atoms with Crippen LogP contribution in [-0.2, 0) is 19.6 Å². The first-order chi connectivity index (χ1) is 12.7. The fraction of sp³-hybridized carbons (Fsp3) is 0.217. The van der Waals surface area contributed by atoms with Gasteiger partial charge in [-0.15, -0.1) is 0 Å². The molecule has 3 aromatic rings. The third kappa shape index (κ3) is 5.43. The summed E-state index contributed by atoms with van der Waals surface area (Å²) in [5, 5.41) is 3.44. The number of rotatable bonds is 8. The summed E-state index contributed by atoms with van der Waals surface area (Å²) in [6.45, 7) is 4.22. The van der Waals surface area contributed by atoms with E-state index in [0.717, 1.165) is 36.4 Å². The van der Waals surface area contributed by atoms with Crippen LogP contribution >= 0.6 is 0 Å². The second-order valence-corrected chi connectivity index (χ2v) is 6.44. The number of halogens is 1. The van der Waals surface area contributed by atoms with E-state index in [1.807, 2.05) is 30.3 Å². The molecule has 0 aliphatic carbocycles. The van der Waals surface area contributed by atoms with Gasteiger partial charge in [-0.1, -0.05) is 60.2 Å². The van der Waals surface area contributed by atoms with Crippen LogP contribution in [0.5, 0.6) is 5.75 Å². The van der Waals surface area contributed by atoms with E-state index >= 15 is 0 Å². The van der Waals surface area contributed by atoms with Crippen LogP contribution < -0.4 is 10.1 Å². The van der Waals surface area contributed by atoms with E-state index in [1.54, 1.807) is 0 Å². The van der Waals surface area contributed by atoms with Gasteiger partial charge in [-0.25, -0.2) is 4.39 Å². The lowest BCUT2D eigenvalue weighted by atomic mass is 10.1. The summed E-state index contributed by atoms with van der Waals surface area (Å²) in [6.07, 6.45) is 0.868. The summed E-state index contributed by atoms with van der Waals surface area (Å²) in [5.41, 5.74) is 4.67. The minimum atomic E-state index is -0.193. The van der Waals surface area contributed by atoms with Crippen LogP contribution in [0.25, 0.3) is 0 Å². The van der Waals surface area contributed by atoms with Crippen molar-refractivity contribution in [1.82, 2.24) is 5.32 Å². The minimum absolute atomic E-state index is 0.193. The molecule has 0 heterocycles. The number of para-hydroxylation sites is 1. The van der Waals surface area contributed by atoms with Crippen molar-refractivity contribution in [3.8, 4) is 5.75 Å². The van der Waals surface area contributed by atoms with Crippen molar-refractivity contribution in [3.05, 3.63) is 101 Å². The Labute approximate surface area is 154 Å². The van der Waals surface area contributed by atoms with Gasteiger partial charge in [-0.05, 0) is 49.2 Å². The fourth-order valence-electron chi connectivity index (χ4n) is 2.86. The summed E-state index contributed by atoms with van der Waals surface area (Å²) in [5.74, 6) is 0.713. The van der Waals surface area contributed by atoms with Gasteiger partial charge in [-0.2, -0.15) is 0 Å². The molecule has 0 aromatic heterocycles. The molecule has 3 rings (SSSR count). The first kappa shape index (κ1) is 18.2. The average Bonchev–Trinajstić information content (AvgIpc) is 2.66. The molecule has 0 saturated carbocycles. The van der Waals surface area contributed by atoms with Crippen LogP contribution in [-0.4, -0.2) is 6.54 Å². The van der Waals surface area contributed by atoms with Crippen LogP contribution in [0.15, 0.2) is 72.8 Å². The second kappa shape index (κ2) is 9.16. The molecule has 0 amide bonds. The lowest BCUT2D eigenvalue weighted by Crippen LogP contribution is -2.17. The Morgan fingerprint density at radius 2 is 1.69 bits per heavy atom. The summed E-state index contributed by atoms with van der Waals surface area (Å²) in [4.78, 5) is 0. The summed E-state index contributed by atoms with van der Waals surface area (Å²) in [7, 11) is 0. The molecule has 0 saturated heterocycles. The zero-order valence-corrected chi connectivity index (χ0v) is 15.0. The molecular formula is C23H24FNO. The van der Waals surface area contributed by atoms with Crippen LogP contribution in [0.1, 0.15) is 22.3 Å². The second-order valence-electron chi connectivity index (χ2n) is 6.44. The first-order valence-electron chi connectivity index (χ1n) is 8.92. The third-order valence-corrected chi connectivity index (χ3v) is 4.27. The Kier molecular flexibility index (Phi) is 6.39. The fourth-order valence-corrected chi connectivity index (χ4v) is 2.86. The van der Waals surface area contributed by atoms with E-state index in [9.17, 15) is 4.39 Å². The van der Waals surface area contributed by atoms with Crippen molar-refractivity contribution in [1.29, 1.82) is 0 Å². The highest BCUT2D eigenvalue weighted by Gasteiger charge is 2.04. The van der Waals surface area contributed by atoms with Gasteiger partial charge in [0, 0.05) is 12.1 Å². The summed E-state index contributed by atoms with van der Waals surface area (Å²) < 4.78 is 19.0. The quantitative estimate of drug-likeness (QED) is 0.575. The van der Waals surface area contributed by atoms with Crippen molar-refractivity contribution < 1.29 is 9.13 Å². The Balaban J connectivity index is 1.51. The monoisotopic (exact) mass is 349 g/mol. The molecule has 0 spiro atoms. The summed E-state index contributed by atoms with van der Waals surface area (Å²) >= 11 is 0. The SMILES string of the molecule is Cc1cccc(COc2ccccc2CNCCc2ccc(F)cc2)c1. The van der Waals surface area contributed by atoms with Gasteiger partial charge in [0.05, 0.1) is 0 Å². The van der Waals surface area contributed by atoms with Crippen LogP contribution in [0.3, 0.4) is 0 Å².